The van der Waals surface area contributed by atoms with Gasteiger partial charge in [-0.15, -0.1) is 18.5 Å². The molecule has 0 saturated heterocycles. The van der Waals surface area contributed by atoms with E-state index in [2.05, 4.69) is 0 Å². The first-order valence-electron chi connectivity index (χ1n) is 1.30. The summed E-state index contributed by atoms with van der Waals surface area (Å²) in [6.45, 7) is 0. The molecule has 0 aromatic heterocycles. The van der Waals surface area contributed by atoms with E-state index >= 15 is 0 Å². The molecule has 3 heteroatoms. The molecule has 4 heavy (non-hydrogen) atoms. The van der Waals surface area contributed by atoms with Crippen LogP contribution in [0.2, 0.25) is 0 Å². The van der Waals surface area contributed by atoms with E-state index in [1.165, 1.54) is 0 Å². The molecule has 0 heterocycles. The van der Waals surface area contributed by atoms with E-state index in [0.717, 1.165) is 0 Å². The Balaban J connectivity index is 3.02. The molecule has 0 amide bonds. The highest BCUT2D eigenvalue weighted by Crippen LogP contribution is 2.00. The molecule has 0 aliphatic rings. The fourth-order valence-electron chi connectivity index (χ4n) is 0. The van der Waals surface area contributed by atoms with Crippen molar-refractivity contribution < 1.29 is 6.48 Å². The Morgan fingerprint density at radius 3 is 2.00 bits per heavy atom. The van der Waals surface area contributed by atoms with Crippen LogP contribution in [0.3, 0.4) is 0 Å². The molecule has 0 aliphatic heterocycles. The van der Waals surface area contributed by atoms with E-state index in [9.17, 15) is 0 Å². The molecule has 0 bridgehead atoms. The summed E-state index contributed by atoms with van der Waals surface area (Å²) >= 11 is 0. The second kappa shape index (κ2) is 2.08. The summed E-state index contributed by atoms with van der Waals surface area (Å²) in [5.41, 5.74) is -1.42. The van der Waals surface area contributed by atoms with Crippen LogP contribution in [0.4, 0.5) is 0 Å². The van der Waals surface area contributed by atoms with Crippen molar-refractivity contribution in [2.24, 2.45) is 0 Å². The third kappa shape index (κ3) is 13.9. The summed E-state index contributed by atoms with van der Waals surface area (Å²) in [5, 5.41) is 8.11. The quantitative estimate of drug-likeness (QED) is 0.422. The van der Waals surface area contributed by atoms with Crippen molar-refractivity contribution in [2.45, 2.75) is 5.56 Å². The second-order valence-corrected chi connectivity index (χ2v) is 2.27. The lowest BCUT2D eigenvalue weighted by Crippen LogP contribution is -1.70. The molecule has 1 N–H and O–H groups in total. The molecule has 0 aromatic carbocycles. The van der Waals surface area contributed by atoms with E-state index in [0.29, 0.717) is 0 Å². The van der Waals surface area contributed by atoms with Gasteiger partial charge in [-0.25, -0.2) is 0 Å². The standard InChI is InChI=1S/CH6OP2/c2-1(3)4/h1-2H,3-4H2/i1D. The average molecular weight is 97.0 g/mol. The highest BCUT2D eigenvalue weighted by Gasteiger charge is 1.68. The van der Waals surface area contributed by atoms with Crippen LogP contribution in [0.5, 0.6) is 0 Å². The number of hydrogen-bond donors (Lipinski definition) is 1. The van der Waals surface area contributed by atoms with Crippen LogP contribution in [0.15, 0.2) is 0 Å². The van der Waals surface area contributed by atoms with Crippen molar-refractivity contribution in [3.05, 3.63) is 0 Å². The highest BCUT2D eigenvalue weighted by atomic mass is 31.1. The van der Waals surface area contributed by atoms with E-state index in [1.54, 1.807) is 0 Å². The van der Waals surface area contributed by atoms with Gasteiger partial charge in [0.2, 0.25) is 0 Å². The van der Waals surface area contributed by atoms with E-state index in [-0.39, 0.29) is 0 Å². The summed E-state index contributed by atoms with van der Waals surface area (Å²) in [6.07, 6.45) is 0. The minimum atomic E-state index is -1.42. The van der Waals surface area contributed by atoms with Gasteiger partial charge in [-0.2, -0.15) is 0 Å². The first-order valence-corrected chi connectivity index (χ1v) is 1.96. The molecule has 1 nitrogen and oxygen atoms in total. The third-order valence-electron chi connectivity index (χ3n) is 0. The van der Waals surface area contributed by atoms with Gasteiger partial charge in [-0.05, 0) is 0 Å². The van der Waals surface area contributed by atoms with Gasteiger partial charge in [0.25, 0.3) is 0 Å². The van der Waals surface area contributed by atoms with Gasteiger partial charge in [0.1, 0.15) is 0 Å². The van der Waals surface area contributed by atoms with Gasteiger partial charge in [0.15, 0.2) is 0 Å². The SMILES string of the molecule is [2H]C(O)(P)P. The van der Waals surface area contributed by atoms with Crippen molar-refractivity contribution in [3.63, 3.8) is 0 Å². The van der Waals surface area contributed by atoms with Crippen LogP contribution in [-0.4, -0.2) is 10.7 Å². The summed E-state index contributed by atoms with van der Waals surface area (Å²) in [7, 11) is 3.80. The maximum absolute atomic E-state index is 8.11. The van der Waals surface area contributed by atoms with E-state index in [1.807, 2.05) is 18.5 Å². The van der Waals surface area contributed by atoms with Gasteiger partial charge in [0.05, 0.1) is 6.93 Å². The van der Waals surface area contributed by atoms with Crippen LogP contribution >= 0.6 is 18.5 Å². The molecule has 0 rings (SSSR count). The topological polar surface area (TPSA) is 20.2 Å². The lowest BCUT2D eigenvalue weighted by Gasteiger charge is -1.80. The van der Waals surface area contributed by atoms with Crippen LogP contribution in [0.1, 0.15) is 1.37 Å². The number of aliphatic hydroxyl groups is 1. The number of rotatable bonds is 0. The Hall–Kier alpha value is 0.820. The summed E-state index contributed by atoms with van der Waals surface area (Å²) in [4.78, 5) is 0. The average Bonchev–Trinajstić information content (AvgIpc) is 0.722. The smallest absolute Gasteiger partial charge is 0.0803 e. The minimum absolute atomic E-state index is 1.42. The van der Waals surface area contributed by atoms with Crippen molar-refractivity contribution in [1.82, 2.24) is 0 Å². The Labute approximate surface area is 31.6 Å². The Morgan fingerprint density at radius 2 is 2.00 bits per heavy atom. The Bertz CT molecular complexity index is 25.1. The van der Waals surface area contributed by atoms with E-state index < -0.39 is 5.56 Å². The predicted molar refractivity (Wildman–Crippen MR) is 25.4 cm³/mol. The van der Waals surface area contributed by atoms with Crippen LogP contribution in [0.25, 0.3) is 0 Å². The Kier molecular flexibility index (Phi) is 1.58. The summed E-state index contributed by atoms with van der Waals surface area (Å²) in [6, 6.07) is 0. The lowest BCUT2D eigenvalue weighted by molar-refractivity contribution is 0.344. The number of hydrogen-bond acceptors (Lipinski definition) is 1. The molecule has 0 fully saturated rings. The zero-order chi connectivity index (χ0) is 4.50. The normalized spacial score (nSPS) is 15.2. The highest BCUT2D eigenvalue weighted by molar-refractivity contribution is 7.37. The molecule has 0 aliphatic carbocycles. The maximum atomic E-state index is 8.11. The molecular weight excluding hydrogens is 90.0 g/mol. The molecule has 0 saturated carbocycles. The largest absolute Gasteiger partial charge is 0.385 e. The van der Waals surface area contributed by atoms with Crippen LogP contribution < -0.4 is 0 Å². The zero-order valence-corrected chi connectivity index (χ0v) is 4.41. The van der Waals surface area contributed by atoms with Gasteiger partial charge in [-0.1, -0.05) is 0 Å². The Morgan fingerprint density at radius 1 is 2.00 bits per heavy atom. The summed E-state index contributed by atoms with van der Waals surface area (Å²) < 4.78 is 6.42. The van der Waals surface area contributed by atoms with Gasteiger partial charge >= 0.3 is 0 Å². The lowest BCUT2D eigenvalue weighted by atomic mass is 11.7. The molecule has 0 aromatic rings. The van der Waals surface area contributed by atoms with Crippen molar-refractivity contribution in [2.75, 3.05) is 0 Å². The van der Waals surface area contributed by atoms with Crippen LogP contribution in [0, 0.1) is 0 Å². The fourth-order valence-corrected chi connectivity index (χ4v) is 0. The zero-order valence-electron chi connectivity index (χ0n) is 3.10. The first kappa shape index (κ1) is 3.03. The van der Waals surface area contributed by atoms with Gasteiger partial charge < -0.3 is 5.11 Å². The molecular formula is CH6OP2. The monoisotopic (exact) mass is 97.0 g/mol. The van der Waals surface area contributed by atoms with Gasteiger partial charge in [0, 0.05) is 0 Å². The van der Waals surface area contributed by atoms with Crippen molar-refractivity contribution in [3.8, 4) is 0 Å². The minimum Gasteiger partial charge on any atom is -0.385 e. The first-order chi connectivity index (χ1) is 2.00. The maximum Gasteiger partial charge on any atom is 0.0803 e. The van der Waals surface area contributed by atoms with E-state index in [4.69, 9.17) is 6.48 Å². The molecule has 2 unspecified atom stereocenters. The molecule has 26 valence electrons. The van der Waals surface area contributed by atoms with Crippen molar-refractivity contribution >= 4 is 18.5 Å². The van der Waals surface area contributed by atoms with Crippen LogP contribution in [-0.2, 0) is 0 Å². The predicted octanol–water partition coefficient (Wildman–Crippen LogP) is 0.0125. The third-order valence-corrected chi connectivity index (χ3v) is 0. The molecule has 0 radical (unpaired) electrons. The summed E-state index contributed by atoms with van der Waals surface area (Å²) in [5.74, 6) is 0. The molecule has 0 spiro atoms. The van der Waals surface area contributed by atoms with Gasteiger partial charge in [-0.3, -0.25) is 0 Å². The second-order valence-electron chi connectivity index (χ2n) is 0.425. The molecule has 2 atom stereocenters. The fraction of sp³-hybridized carbons (Fsp3) is 1.00. The van der Waals surface area contributed by atoms with Crippen molar-refractivity contribution in [1.29, 1.82) is 0 Å².